The maximum Gasteiger partial charge on any atom is 0.337 e. The van der Waals surface area contributed by atoms with Crippen LogP contribution in [0.1, 0.15) is 34.5 Å². The molecule has 0 bridgehead atoms. The van der Waals surface area contributed by atoms with E-state index in [-0.39, 0.29) is 5.97 Å². The van der Waals surface area contributed by atoms with Crippen LogP contribution in [0.4, 0.5) is 0 Å². The number of methoxy groups -OCH3 is 1. The molecule has 5 heteroatoms. The third kappa shape index (κ3) is 3.68. The van der Waals surface area contributed by atoms with Crippen molar-refractivity contribution < 1.29 is 13.9 Å². The van der Waals surface area contributed by atoms with Crippen molar-refractivity contribution in [3.05, 3.63) is 53.2 Å². The molecule has 0 radical (unpaired) electrons. The van der Waals surface area contributed by atoms with Gasteiger partial charge in [0.1, 0.15) is 5.76 Å². The van der Waals surface area contributed by atoms with E-state index in [0.29, 0.717) is 24.5 Å². The van der Waals surface area contributed by atoms with Gasteiger partial charge in [0.15, 0.2) is 0 Å². The molecule has 0 atom stereocenters. The van der Waals surface area contributed by atoms with Gasteiger partial charge in [-0.3, -0.25) is 0 Å². The van der Waals surface area contributed by atoms with Crippen LogP contribution in [0.2, 0.25) is 0 Å². The van der Waals surface area contributed by atoms with Crippen LogP contribution in [0.5, 0.6) is 0 Å². The van der Waals surface area contributed by atoms with Crippen LogP contribution in [0, 0.1) is 0 Å². The second-order valence-corrected chi connectivity index (χ2v) is 4.37. The lowest BCUT2D eigenvalue weighted by Gasteiger charge is -2.04. The van der Waals surface area contributed by atoms with Crippen molar-refractivity contribution in [3.63, 3.8) is 0 Å². The Morgan fingerprint density at radius 3 is 2.65 bits per heavy atom. The Morgan fingerprint density at radius 1 is 1.30 bits per heavy atom. The molecule has 0 amide bonds. The number of hydrogen-bond acceptors (Lipinski definition) is 5. The number of nitrogens with zero attached hydrogens (tertiary/aromatic N) is 1. The summed E-state index contributed by atoms with van der Waals surface area (Å²) in [5.74, 6) is 1.26. The molecule has 106 valence electrons. The highest BCUT2D eigenvalue weighted by Gasteiger charge is 2.05. The zero-order chi connectivity index (χ0) is 14.4. The van der Waals surface area contributed by atoms with Gasteiger partial charge < -0.3 is 14.5 Å². The molecule has 5 nitrogen and oxygen atoms in total. The standard InChI is InChI=1S/C15H18N2O3/c1-3-13-9-17-14(20-13)10-16-8-11-4-6-12(7-5-11)15(18)19-2/h4-7,9,16H,3,8,10H2,1-2H3. The first-order valence-electron chi connectivity index (χ1n) is 6.54. The summed E-state index contributed by atoms with van der Waals surface area (Å²) in [6, 6.07) is 7.30. The molecule has 1 heterocycles. The number of carbonyl (C=O) groups excluding carboxylic acids is 1. The Kier molecular flexibility index (Phi) is 4.90. The number of oxazole rings is 1. The summed E-state index contributed by atoms with van der Waals surface area (Å²) in [5, 5.41) is 3.25. The fourth-order valence-corrected chi connectivity index (χ4v) is 1.78. The van der Waals surface area contributed by atoms with Gasteiger partial charge in [-0.05, 0) is 17.7 Å². The van der Waals surface area contributed by atoms with Gasteiger partial charge in [-0.2, -0.15) is 0 Å². The summed E-state index contributed by atoms with van der Waals surface area (Å²) in [7, 11) is 1.37. The molecule has 2 rings (SSSR count). The molecule has 0 saturated heterocycles. The summed E-state index contributed by atoms with van der Waals surface area (Å²) in [6.45, 7) is 3.30. The molecule has 20 heavy (non-hydrogen) atoms. The molecule has 0 aliphatic heterocycles. The van der Waals surface area contributed by atoms with Gasteiger partial charge in [-0.15, -0.1) is 0 Å². The second kappa shape index (κ2) is 6.86. The largest absolute Gasteiger partial charge is 0.465 e. The van der Waals surface area contributed by atoms with E-state index >= 15 is 0 Å². The van der Waals surface area contributed by atoms with E-state index in [0.717, 1.165) is 17.7 Å². The number of hydrogen-bond donors (Lipinski definition) is 1. The summed E-state index contributed by atoms with van der Waals surface area (Å²) >= 11 is 0. The zero-order valence-electron chi connectivity index (χ0n) is 11.7. The van der Waals surface area contributed by atoms with Crippen LogP contribution in [-0.2, 0) is 24.2 Å². The van der Waals surface area contributed by atoms with Crippen LogP contribution in [0.25, 0.3) is 0 Å². The van der Waals surface area contributed by atoms with Gasteiger partial charge >= 0.3 is 5.97 Å². The highest BCUT2D eigenvalue weighted by molar-refractivity contribution is 5.89. The van der Waals surface area contributed by atoms with Crippen molar-refractivity contribution in [2.75, 3.05) is 7.11 Å². The molecule has 0 fully saturated rings. The Bertz CT molecular complexity index is 561. The summed E-state index contributed by atoms with van der Waals surface area (Å²) in [5.41, 5.74) is 1.64. The van der Waals surface area contributed by atoms with E-state index in [1.54, 1.807) is 18.3 Å². The molecule has 0 spiro atoms. The Morgan fingerprint density at radius 2 is 2.05 bits per heavy atom. The van der Waals surface area contributed by atoms with Crippen molar-refractivity contribution in [1.82, 2.24) is 10.3 Å². The van der Waals surface area contributed by atoms with Gasteiger partial charge in [0.2, 0.25) is 5.89 Å². The van der Waals surface area contributed by atoms with Crippen LogP contribution < -0.4 is 5.32 Å². The number of nitrogens with one attached hydrogen (secondary N) is 1. The van der Waals surface area contributed by atoms with E-state index in [1.807, 2.05) is 19.1 Å². The fraction of sp³-hybridized carbons (Fsp3) is 0.333. The number of aromatic nitrogens is 1. The van der Waals surface area contributed by atoms with E-state index in [2.05, 4.69) is 15.0 Å². The fourth-order valence-electron chi connectivity index (χ4n) is 1.78. The monoisotopic (exact) mass is 274 g/mol. The maximum absolute atomic E-state index is 11.3. The first-order chi connectivity index (χ1) is 9.72. The molecular weight excluding hydrogens is 256 g/mol. The molecular formula is C15H18N2O3. The molecule has 1 N–H and O–H groups in total. The average molecular weight is 274 g/mol. The molecule has 1 aromatic carbocycles. The van der Waals surface area contributed by atoms with Gasteiger partial charge in [0.25, 0.3) is 0 Å². The smallest absolute Gasteiger partial charge is 0.337 e. The predicted molar refractivity (Wildman–Crippen MR) is 74.2 cm³/mol. The average Bonchev–Trinajstić information content (AvgIpc) is 2.95. The summed E-state index contributed by atoms with van der Waals surface area (Å²) < 4.78 is 10.2. The zero-order valence-corrected chi connectivity index (χ0v) is 11.7. The van der Waals surface area contributed by atoms with Gasteiger partial charge in [0.05, 0.1) is 25.4 Å². The number of rotatable bonds is 6. The van der Waals surface area contributed by atoms with Gasteiger partial charge in [0, 0.05) is 13.0 Å². The number of esters is 1. The van der Waals surface area contributed by atoms with Crippen LogP contribution >= 0.6 is 0 Å². The maximum atomic E-state index is 11.3. The minimum atomic E-state index is -0.323. The Labute approximate surface area is 118 Å². The molecule has 0 aliphatic carbocycles. The first-order valence-corrected chi connectivity index (χ1v) is 6.54. The summed E-state index contributed by atoms with van der Waals surface area (Å²) in [6.07, 6.45) is 2.60. The number of ether oxygens (including phenoxy) is 1. The van der Waals surface area contributed by atoms with Crippen molar-refractivity contribution in [3.8, 4) is 0 Å². The number of aryl methyl sites for hydroxylation is 1. The molecule has 0 aliphatic rings. The molecule has 0 unspecified atom stereocenters. The number of benzene rings is 1. The first kappa shape index (κ1) is 14.3. The van der Waals surface area contributed by atoms with Gasteiger partial charge in [-0.25, -0.2) is 9.78 Å². The van der Waals surface area contributed by atoms with E-state index in [1.165, 1.54) is 7.11 Å². The minimum Gasteiger partial charge on any atom is -0.465 e. The molecule has 0 saturated carbocycles. The number of carbonyl (C=O) groups is 1. The van der Waals surface area contributed by atoms with Crippen molar-refractivity contribution >= 4 is 5.97 Å². The lowest BCUT2D eigenvalue weighted by Crippen LogP contribution is -2.13. The highest BCUT2D eigenvalue weighted by atomic mass is 16.5. The van der Waals surface area contributed by atoms with E-state index in [9.17, 15) is 4.79 Å². The van der Waals surface area contributed by atoms with Crippen molar-refractivity contribution in [1.29, 1.82) is 0 Å². The van der Waals surface area contributed by atoms with Crippen molar-refractivity contribution in [2.24, 2.45) is 0 Å². The topological polar surface area (TPSA) is 64.4 Å². The predicted octanol–water partition coefficient (Wildman–Crippen LogP) is 2.31. The van der Waals surface area contributed by atoms with Crippen LogP contribution in [0.15, 0.2) is 34.9 Å². The Hall–Kier alpha value is -2.14. The van der Waals surface area contributed by atoms with Gasteiger partial charge in [-0.1, -0.05) is 19.1 Å². The SMILES string of the molecule is CCc1cnc(CNCc2ccc(C(=O)OC)cc2)o1. The molecule has 2 aromatic rings. The lowest BCUT2D eigenvalue weighted by atomic mass is 10.1. The molecule has 1 aromatic heterocycles. The Balaban J connectivity index is 1.83. The van der Waals surface area contributed by atoms with E-state index in [4.69, 9.17) is 4.42 Å². The highest BCUT2D eigenvalue weighted by Crippen LogP contribution is 2.07. The quantitative estimate of drug-likeness (QED) is 0.819. The third-order valence-corrected chi connectivity index (χ3v) is 2.93. The van der Waals surface area contributed by atoms with Crippen LogP contribution in [0.3, 0.4) is 0 Å². The van der Waals surface area contributed by atoms with Crippen LogP contribution in [-0.4, -0.2) is 18.1 Å². The lowest BCUT2D eigenvalue weighted by molar-refractivity contribution is 0.0600. The second-order valence-electron chi connectivity index (χ2n) is 4.37. The minimum absolute atomic E-state index is 0.323. The normalized spacial score (nSPS) is 10.5. The van der Waals surface area contributed by atoms with E-state index < -0.39 is 0 Å². The van der Waals surface area contributed by atoms with Crippen molar-refractivity contribution in [2.45, 2.75) is 26.4 Å². The third-order valence-electron chi connectivity index (χ3n) is 2.93. The summed E-state index contributed by atoms with van der Waals surface area (Å²) in [4.78, 5) is 15.5.